The van der Waals surface area contributed by atoms with E-state index >= 15 is 0 Å². The number of ether oxygens (including phenoxy) is 1. The molecule has 0 aromatic heterocycles. The molecule has 1 aliphatic carbocycles. The van der Waals surface area contributed by atoms with Gasteiger partial charge in [0.05, 0.1) is 6.61 Å². The number of carbonyl (C=O) groups is 1. The molecule has 1 saturated carbocycles. The molecule has 122 valence electrons. The van der Waals surface area contributed by atoms with Crippen molar-refractivity contribution in [1.29, 1.82) is 0 Å². The van der Waals surface area contributed by atoms with Crippen LogP contribution in [0.1, 0.15) is 51.0 Å². The van der Waals surface area contributed by atoms with Crippen LogP contribution in [0.5, 0.6) is 5.75 Å². The SMILES string of the molecule is Cc1ccccc1OCCCC(=O)N(C)C1CCC(C)CC1. The lowest BCUT2D eigenvalue weighted by Gasteiger charge is -2.33. The molecule has 22 heavy (non-hydrogen) atoms. The maximum Gasteiger partial charge on any atom is 0.222 e. The van der Waals surface area contributed by atoms with Gasteiger partial charge in [0.15, 0.2) is 0 Å². The van der Waals surface area contributed by atoms with E-state index in [4.69, 9.17) is 4.74 Å². The molecule has 0 N–H and O–H groups in total. The predicted octanol–water partition coefficient (Wildman–Crippen LogP) is 4.19. The van der Waals surface area contributed by atoms with Crippen LogP contribution >= 0.6 is 0 Å². The van der Waals surface area contributed by atoms with Crippen LogP contribution in [0.3, 0.4) is 0 Å². The molecule has 1 aliphatic rings. The summed E-state index contributed by atoms with van der Waals surface area (Å²) in [6, 6.07) is 8.45. The molecular weight excluding hydrogens is 274 g/mol. The second-order valence-electron chi connectivity index (χ2n) is 6.64. The molecule has 0 spiro atoms. The van der Waals surface area contributed by atoms with E-state index in [2.05, 4.69) is 6.92 Å². The molecule has 0 radical (unpaired) electrons. The number of benzene rings is 1. The number of para-hydroxylation sites is 1. The third-order valence-electron chi connectivity index (χ3n) is 4.81. The molecule has 1 aromatic carbocycles. The van der Waals surface area contributed by atoms with E-state index in [1.54, 1.807) is 0 Å². The van der Waals surface area contributed by atoms with Gasteiger partial charge in [-0.2, -0.15) is 0 Å². The summed E-state index contributed by atoms with van der Waals surface area (Å²) in [6.45, 7) is 4.95. The Morgan fingerprint density at radius 3 is 2.59 bits per heavy atom. The lowest BCUT2D eigenvalue weighted by Crippen LogP contribution is -2.39. The Labute approximate surface area is 134 Å². The second-order valence-corrected chi connectivity index (χ2v) is 6.64. The van der Waals surface area contributed by atoms with Crippen molar-refractivity contribution >= 4 is 5.91 Å². The Morgan fingerprint density at radius 1 is 1.23 bits per heavy atom. The van der Waals surface area contributed by atoms with Crippen LogP contribution in [0, 0.1) is 12.8 Å². The zero-order chi connectivity index (χ0) is 15.9. The van der Waals surface area contributed by atoms with Crippen molar-refractivity contribution in [3.63, 3.8) is 0 Å². The summed E-state index contributed by atoms with van der Waals surface area (Å²) in [5.74, 6) is 2.00. The van der Waals surface area contributed by atoms with Gasteiger partial charge >= 0.3 is 0 Å². The van der Waals surface area contributed by atoms with Gasteiger partial charge in [0, 0.05) is 19.5 Å². The van der Waals surface area contributed by atoms with Crippen LogP contribution in [0.25, 0.3) is 0 Å². The highest BCUT2D eigenvalue weighted by Gasteiger charge is 2.24. The Bertz CT molecular complexity index is 478. The van der Waals surface area contributed by atoms with E-state index in [0.717, 1.165) is 36.5 Å². The quantitative estimate of drug-likeness (QED) is 0.737. The molecule has 3 heteroatoms. The lowest BCUT2D eigenvalue weighted by atomic mass is 9.86. The summed E-state index contributed by atoms with van der Waals surface area (Å²) in [5.41, 5.74) is 1.14. The van der Waals surface area contributed by atoms with Gasteiger partial charge in [-0.3, -0.25) is 4.79 Å². The Hall–Kier alpha value is -1.51. The molecule has 3 nitrogen and oxygen atoms in total. The van der Waals surface area contributed by atoms with Crippen LogP contribution in [0.2, 0.25) is 0 Å². The molecule has 1 amide bonds. The van der Waals surface area contributed by atoms with Crippen molar-refractivity contribution in [2.75, 3.05) is 13.7 Å². The number of nitrogens with zero attached hydrogens (tertiary/aromatic N) is 1. The van der Waals surface area contributed by atoms with Gasteiger partial charge in [0.1, 0.15) is 5.75 Å². The number of rotatable bonds is 6. The minimum Gasteiger partial charge on any atom is -0.493 e. The molecule has 2 rings (SSSR count). The summed E-state index contributed by atoms with van der Waals surface area (Å²) >= 11 is 0. The van der Waals surface area contributed by atoms with E-state index in [1.165, 1.54) is 12.8 Å². The van der Waals surface area contributed by atoms with Crippen molar-refractivity contribution in [1.82, 2.24) is 4.90 Å². The highest BCUT2D eigenvalue weighted by atomic mass is 16.5. The minimum atomic E-state index is 0.257. The first-order valence-electron chi connectivity index (χ1n) is 8.52. The molecule has 1 aromatic rings. The van der Waals surface area contributed by atoms with Crippen molar-refractivity contribution in [2.45, 2.75) is 58.4 Å². The zero-order valence-corrected chi connectivity index (χ0v) is 14.2. The summed E-state index contributed by atoms with van der Waals surface area (Å²) in [6.07, 6.45) is 6.17. The summed E-state index contributed by atoms with van der Waals surface area (Å²) in [7, 11) is 1.96. The topological polar surface area (TPSA) is 29.5 Å². The van der Waals surface area contributed by atoms with Crippen LogP contribution in [-0.2, 0) is 4.79 Å². The molecular formula is C19H29NO2. The third-order valence-corrected chi connectivity index (χ3v) is 4.81. The Balaban J connectivity index is 1.68. The van der Waals surface area contributed by atoms with Gasteiger partial charge in [-0.05, 0) is 56.6 Å². The summed E-state index contributed by atoms with van der Waals surface area (Å²) < 4.78 is 5.76. The summed E-state index contributed by atoms with van der Waals surface area (Å²) in [4.78, 5) is 14.2. The minimum absolute atomic E-state index is 0.257. The van der Waals surface area contributed by atoms with E-state index in [9.17, 15) is 4.79 Å². The monoisotopic (exact) mass is 303 g/mol. The van der Waals surface area contributed by atoms with Crippen molar-refractivity contribution < 1.29 is 9.53 Å². The molecule has 0 bridgehead atoms. The first kappa shape index (κ1) is 16.9. The predicted molar refractivity (Wildman–Crippen MR) is 90.1 cm³/mol. The number of aryl methyl sites for hydroxylation is 1. The van der Waals surface area contributed by atoms with Gasteiger partial charge < -0.3 is 9.64 Å². The number of hydrogen-bond donors (Lipinski definition) is 0. The molecule has 0 unspecified atom stereocenters. The standard InChI is InChI=1S/C19H29NO2/c1-15-10-12-17(13-11-15)20(3)19(21)9-6-14-22-18-8-5-4-7-16(18)2/h4-5,7-8,15,17H,6,9-14H2,1-3H3. The van der Waals surface area contributed by atoms with Gasteiger partial charge in [0.25, 0.3) is 0 Å². The van der Waals surface area contributed by atoms with E-state index in [1.807, 2.05) is 43.1 Å². The number of amides is 1. The van der Waals surface area contributed by atoms with Crippen LogP contribution in [-0.4, -0.2) is 30.5 Å². The number of carbonyl (C=O) groups excluding carboxylic acids is 1. The van der Waals surface area contributed by atoms with Crippen molar-refractivity contribution in [3.05, 3.63) is 29.8 Å². The van der Waals surface area contributed by atoms with Crippen molar-refractivity contribution in [2.24, 2.45) is 5.92 Å². The van der Waals surface area contributed by atoms with E-state index < -0.39 is 0 Å². The molecule has 0 saturated heterocycles. The normalized spacial score (nSPS) is 21.4. The molecule has 0 heterocycles. The number of hydrogen-bond acceptors (Lipinski definition) is 2. The van der Waals surface area contributed by atoms with Crippen LogP contribution < -0.4 is 4.74 Å². The summed E-state index contributed by atoms with van der Waals surface area (Å²) in [5, 5.41) is 0. The lowest BCUT2D eigenvalue weighted by molar-refractivity contribution is -0.132. The average Bonchev–Trinajstić information content (AvgIpc) is 2.53. The highest BCUT2D eigenvalue weighted by Crippen LogP contribution is 2.26. The maximum absolute atomic E-state index is 12.3. The van der Waals surface area contributed by atoms with Gasteiger partial charge in [-0.15, -0.1) is 0 Å². The third kappa shape index (κ3) is 4.75. The van der Waals surface area contributed by atoms with Crippen LogP contribution in [0.4, 0.5) is 0 Å². The Kier molecular flexibility index (Phi) is 6.29. The fraction of sp³-hybridized carbons (Fsp3) is 0.632. The fourth-order valence-electron chi connectivity index (χ4n) is 3.13. The molecule has 0 aliphatic heterocycles. The van der Waals surface area contributed by atoms with Gasteiger partial charge in [-0.1, -0.05) is 25.1 Å². The highest BCUT2D eigenvalue weighted by molar-refractivity contribution is 5.76. The second kappa shape index (κ2) is 8.21. The molecule has 0 atom stereocenters. The molecule has 1 fully saturated rings. The van der Waals surface area contributed by atoms with Crippen molar-refractivity contribution in [3.8, 4) is 5.75 Å². The van der Waals surface area contributed by atoms with E-state index in [0.29, 0.717) is 19.1 Å². The smallest absolute Gasteiger partial charge is 0.222 e. The van der Waals surface area contributed by atoms with Crippen LogP contribution in [0.15, 0.2) is 24.3 Å². The van der Waals surface area contributed by atoms with Gasteiger partial charge in [-0.25, -0.2) is 0 Å². The maximum atomic E-state index is 12.3. The van der Waals surface area contributed by atoms with Gasteiger partial charge in [0.2, 0.25) is 5.91 Å². The fourth-order valence-corrected chi connectivity index (χ4v) is 3.13. The first-order chi connectivity index (χ1) is 10.6. The van der Waals surface area contributed by atoms with E-state index in [-0.39, 0.29) is 5.91 Å². The Morgan fingerprint density at radius 2 is 1.91 bits per heavy atom. The first-order valence-corrected chi connectivity index (χ1v) is 8.52. The average molecular weight is 303 g/mol. The largest absolute Gasteiger partial charge is 0.493 e. The zero-order valence-electron chi connectivity index (χ0n) is 14.2.